The van der Waals surface area contributed by atoms with Crippen LogP contribution in [0.2, 0.25) is 0 Å². The van der Waals surface area contributed by atoms with Crippen molar-refractivity contribution in [1.82, 2.24) is 0 Å². The van der Waals surface area contributed by atoms with Crippen LogP contribution in [-0.2, 0) is 4.79 Å². The van der Waals surface area contributed by atoms with Crippen molar-refractivity contribution in [3.8, 4) is 5.75 Å². The molecule has 1 rings (SSSR count). The molecule has 14 heavy (non-hydrogen) atoms. The lowest BCUT2D eigenvalue weighted by molar-refractivity contribution is -0.107. The Balaban J connectivity index is 2.50. The third-order valence-electron chi connectivity index (χ3n) is 1.88. The maximum atomic E-state index is 10.0. The number of hydrogen-bond donors (Lipinski definition) is 0. The van der Waals surface area contributed by atoms with Crippen molar-refractivity contribution in [1.29, 1.82) is 0 Å². The quantitative estimate of drug-likeness (QED) is 0.527. The Hall–Kier alpha value is -1.57. The van der Waals surface area contributed by atoms with Crippen LogP contribution < -0.4 is 4.74 Å². The minimum atomic E-state index is 0.590. The van der Waals surface area contributed by atoms with Crippen molar-refractivity contribution in [2.45, 2.75) is 12.8 Å². The first-order chi connectivity index (χ1) is 6.86. The second kappa shape index (κ2) is 5.97. The van der Waals surface area contributed by atoms with Crippen molar-refractivity contribution in [2.75, 3.05) is 7.11 Å². The highest BCUT2D eigenvalue weighted by Crippen LogP contribution is 2.12. The summed E-state index contributed by atoms with van der Waals surface area (Å²) >= 11 is 0. The average Bonchev–Trinajstić information content (AvgIpc) is 2.25. The summed E-state index contributed by atoms with van der Waals surface area (Å²) in [5.74, 6) is 0.857. The molecule has 0 N–H and O–H groups in total. The van der Waals surface area contributed by atoms with E-state index in [1.54, 1.807) is 7.11 Å². The Kier molecular flexibility index (Phi) is 4.48. The zero-order chi connectivity index (χ0) is 10.2. The normalized spacial score (nSPS) is 10.4. The Bertz CT molecular complexity index is 299. The largest absolute Gasteiger partial charge is 0.497 e. The van der Waals surface area contributed by atoms with Gasteiger partial charge in [-0.05, 0) is 24.1 Å². The van der Waals surface area contributed by atoms with Crippen LogP contribution in [0.25, 0.3) is 6.08 Å². The van der Waals surface area contributed by atoms with Gasteiger partial charge in [-0.2, -0.15) is 0 Å². The molecule has 0 amide bonds. The molecule has 74 valence electrons. The van der Waals surface area contributed by atoms with Crippen LogP contribution in [0.3, 0.4) is 0 Å². The van der Waals surface area contributed by atoms with Crippen LogP contribution in [-0.4, -0.2) is 13.4 Å². The summed E-state index contributed by atoms with van der Waals surface area (Å²) in [6.45, 7) is 0. The predicted octanol–water partition coefficient (Wildman–Crippen LogP) is 2.69. The van der Waals surface area contributed by atoms with Crippen molar-refractivity contribution in [2.24, 2.45) is 0 Å². The molecule has 0 saturated carbocycles. The molecule has 0 unspecified atom stereocenters. The number of ether oxygens (including phenoxy) is 1. The minimum Gasteiger partial charge on any atom is -0.497 e. The van der Waals surface area contributed by atoms with E-state index < -0.39 is 0 Å². The van der Waals surface area contributed by atoms with E-state index in [4.69, 9.17) is 4.74 Å². The zero-order valence-corrected chi connectivity index (χ0v) is 8.27. The third kappa shape index (κ3) is 3.44. The van der Waals surface area contributed by atoms with Gasteiger partial charge in [0, 0.05) is 6.42 Å². The van der Waals surface area contributed by atoms with Gasteiger partial charge >= 0.3 is 0 Å². The van der Waals surface area contributed by atoms with Gasteiger partial charge in [-0.15, -0.1) is 0 Å². The second-order valence-corrected chi connectivity index (χ2v) is 2.92. The second-order valence-electron chi connectivity index (χ2n) is 2.92. The summed E-state index contributed by atoms with van der Waals surface area (Å²) in [6, 6.07) is 7.80. The molecule has 0 atom stereocenters. The molecule has 0 aromatic heterocycles. The first-order valence-electron chi connectivity index (χ1n) is 4.61. The fourth-order valence-corrected chi connectivity index (χ4v) is 1.10. The monoisotopic (exact) mass is 190 g/mol. The summed E-state index contributed by atoms with van der Waals surface area (Å²) in [4.78, 5) is 10.0. The van der Waals surface area contributed by atoms with E-state index in [0.717, 1.165) is 24.0 Å². The number of benzene rings is 1. The fourth-order valence-electron chi connectivity index (χ4n) is 1.10. The van der Waals surface area contributed by atoms with Gasteiger partial charge in [0.15, 0.2) is 0 Å². The van der Waals surface area contributed by atoms with Gasteiger partial charge in [0.05, 0.1) is 7.11 Å². The maximum Gasteiger partial charge on any atom is 0.120 e. The Labute approximate surface area is 84.2 Å². The number of allylic oxidation sites excluding steroid dienone is 1. The Morgan fingerprint density at radius 2 is 1.93 bits per heavy atom. The van der Waals surface area contributed by atoms with Gasteiger partial charge in [-0.3, -0.25) is 0 Å². The number of carbonyl (C=O) groups excluding carboxylic acids is 1. The van der Waals surface area contributed by atoms with E-state index in [9.17, 15) is 4.79 Å². The van der Waals surface area contributed by atoms with Gasteiger partial charge in [0.2, 0.25) is 0 Å². The summed E-state index contributed by atoms with van der Waals surface area (Å²) in [5, 5.41) is 0. The van der Waals surface area contributed by atoms with E-state index in [1.165, 1.54) is 0 Å². The van der Waals surface area contributed by atoms with E-state index >= 15 is 0 Å². The molecular formula is C12H14O2. The summed E-state index contributed by atoms with van der Waals surface area (Å²) in [5.41, 5.74) is 1.12. The average molecular weight is 190 g/mol. The predicted molar refractivity (Wildman–Crippen MR) is 57.3 cm³/mol. The number of hydrogen-bond acceptors (Lipinski definition) is 2. The smallest absolute Gasteiger partial charge is 0.120 e. The lowest BCUT2D eigenvalue weighted by Crippen LogP contribution is -1.81. The van der Waals surface area contributed by atoms with E-state index in [1.807, 2.05) is 36.4 Å². The topological polar surface area (TPSA) is 26.3 Å². The molecule has 0 saturated heterocycles. The highest BCUT2D eigenvalue weighted by atomic mass is 16.5. The fraction of sp³-hybridized carbons (Fsp3) is 0.250. The third-order valence-corrected chi connectivity index (χ3v) is 1.88. The molecule has 0 spiro atoms. The molecular weight excluding hydrogens is 176 g/mol. The molecule has 0 bridgehead atoms. The van der Waals surface area contributed by atoms with E-state index in [0.29, 0.717) is 6.42 Å². The molecule has 2 heteroatoms. The van der Waals surface area contributed by atoms with Crippen LogP contribution in [0.1, 0.15) is 18.4 Å². The zero-order valence-electron chi connectivity index (χ0n) is 8.27. The van der Waals surface area contributed by atoms with Crippen molar-refractivity contribution in [3.63, 3.8) is 0 Å². The van der Waals surface area contributed by atoms with Crippen molar-refractivity contribution >= 4 is 12.4 Å². The minimum absolute atomic E-state index is 0.590. The van der Waals surface area contributed by atoms with Crippen LogP contribution >= 0.6 is 0 Å². The number of unbranched alkanes of at least 4 members (excludes halogenated alkanes) is 1. The number of carbonyl (C=O) groups is 1. The van der Waals surface area contributed by atoms with Gasteiger partial charge < -0.3 is 9.53 Å². The first-order valence-corrected chi connectivity index (χ1v) is 4.61. The van der Waals surface area contributed by atoms with E-state index in [2.05, 4.69) is 0 Å². The molecule has 0 fully saturated rings. The van der Waals surface area contributed by atoms with Crippen LogP contribution in [0, 0.1) is 0 Å². The standard InChI is InChI=1S/C12H14O2/c1-14-12-8-6-11(7-9-12)5-3-2-4-10-13/h3,5-10H,2,4H2,1H3/b5-3+. The number of rotatable bonds is 5. The number of methoxy groups -OCH3 is 1. The molecule has 0 radical (unpaired) electrons. The lowest BCUT2D eigenvalue weighted by atomic mass is 10.2. The Morgan fingerprint density at radius 3 is 2.50 bits per heavy atom. The van der Waals surface area contributed by atoms with Crippen molar-refractivity contribution in [3.05, 3.63) is 35.9 Å². The molecule has 0 aliphatic carbocycles. The molecule has 1 aromatic rings. The maximum absolute atomic E-state index is 10.0. The highest BCUT2D eigenvalue weighted by molar-refractivity contribution is 5.53. The molecule has 0 aliphatic heterocycles. The van der Waals surface area contributed by atoms with Crippen LogP contribution in [0.4, 0.5) is 0 Å². The molecule has 1 aromatic carbocycles. The molecule has 0 aliphatic rings. The van der Waals surface area contributed by atoms with Gasteiger partial charge in [0.25, 0.3) is 0 Å². The van der Waals surface area contributed by atoms with Crippen molar-refractivity contribution < 1.29 is 9.53 Å². The number of aldehydes is 1. The van der Waals surface area contributed by atoms with Gasteiger partial charge in [0.1, 0.15) is 12.0 Å². The summed E-state index contributed by atoms with van der Waals surface area (Å²) < 4.78 is 5.04. The SMILES string of the molecule is COc1ccc(/C=C/CCC=O)cc1. The Morgan fingerprint density at radius 1 is 1.21 bits per heavy atom. The van der Waals surface area contributed by atoms with Crippen LogP contribution in [0.15, 0.2) is 30.3 Å². The highest BCUT2D eigenvalue weighted by Gasteiger charge is 1.89. The summed E-state index contributed by atoms with van der Waals surface area (Å²) in [7, 11) is 1.65. The van der Waals surface area contributed by atoms with Gasteiger partial charge in [-0.25, -0.2) is 0 Å². The first kappa shape index (κ1) is 10.5. The molecule has 0 heterocycles. The van der Waals surface area contributed by atoms with Crippen LogP contribution in [0.5, 0.6) is 5.75 Å². The summed E-state index contributed by atoms with van der Waals surface area (Å²) in [6.07, 6.45) is 6.32. The van der Waals surface area contributed by atoms with Gasteiger partial charge in [-0.1, -0.05) is 24.3 Å². The lowest BCUT2D eigenvalue weighted by Gasteiger charge is -1.98. The van der Waals surface area contributed by atoms with E-state index in [-0.39, 0.29) is 0 Å². The molecule has 2 nitrogen and oxygen atoms in total.